The van der Waals surface area contributed by atoms with E-state index in [-0.39, 0.29) is 25.3 Å². The van der Waals surface area contributed by atoms with Crippen molar-refractivity contribution < 1.29 is 23.9 Å². The number of β-lactam (4-membered cyclic amide) rings is 1. The minimum atomic E-state index is -0.627. The summed E-state index contributed by atoms with van der Waals surface area (Å²) in [5.41, 5.74) is -0.591. The molecule has 1 saturated heterocycles. The Labute approximate surface area is 93.5 Å². The van der Waals surface area contributed by atoms with Crippen molar-refractivity contribution in [2.75, 3.05) is 6.54 Å². The Balaban J connectivity index is 2.44. The number of hydrogen-bond donors (Lipinski definition) is 0. The van der Waals surface area contributed by atoms with Crippen molar-refractivity contribution in [2.24, 2.45) is 0 Å². The molecule has 0 N–H and O–H groups in total. The van der Waals surface area contributed by atoms with Crippen LogP contribution in [-0.2, 0) is 23.9 Å². The molecule has 1 unspecified atom stereocenters. The summed E-state index contributed by atoms with van der Waals surface area (Å²) in [6.45, 7) is 5.29. The zero-order valence-electron chi connectivity index (χ0n) is 9.56. The smallest absolute Gasteiger partial charge is 0.326 e. The zero-order chi connectivity index (χ0) is 12.3. The molecule has 0 spiro atoms. The van der Waals surface area contributed by atoms with Crippen molar-refractivity contribution >= 4 is 18.3 Å². The van der Waals surface area contributed by atoms with E-state index in [1.165, 1.54) is 4.90 Å². The van der Waals surface area contributed by atoms with Gasteiger partial charge in [0.05, 0.1) is 6.42 Å². The molecule has 0 aromatic rings. The molecular weight excluding hydrogens is 214 g/mol. The van der Waals surface area contributed by atoms with Gasteiger partial charge >= 0.3 is 5.97 Å². The highest BCUT2D eigenvalue weighted by molar-refractivity contribution is 5.87. The molecule has 16 heavy (non-hydrogen) atoms. The van der Waals surface area contributed by atoms with Gasteiger partial charge in [0.25, 0.3) is 6.47 Å². The largest absolute Gasteiger partial charge is 0.459 e. The first-order chi connectivity index (χ1) is 7.33. The van der Waals surface area contributed by atoms with E-state index in [0.29, 0.717) is 0 Å². The second-order valence-electron chi connectivity index (χ2n) is 4.50. The van der Waals surface area contributed by atoms with Gasteiger partial charge in [-0.15, -0.1) is 0 Å². The molecule has 0 bridgehead atoms. The molecule has 0 aromatic carbocycles. The highest BCUT2D eigenvalue weighted by Crippen LogP contribution is 2.20. The molecule has 1 atom stereocenters. The second kappa shape index (κ2) is 4.51. The molecule has 1 aliphatic heterocycles. The third kappa shape index (κ3) is 3.22. The van der Waals surface area contributed by atoms with Crippen molar-refractivity contribution in [3.8, 4) is 0 Å². The van der Waals surface area contributed by atoms with Gasteiger partial charge in [0.15, 0.2) is 6.23 Å². The third-order valence-electron chi connectivity index (χ3n) is 1.95. The lowest BCUT2D eigenvalue weighted by Crippen LogP contribution is -2.56. The first-order valence-electron chi connectivity index (χ1n) is 4.94. The Hall–Kier alpha value is -1.59. The van der Waals surface area contributed by atoms with Gasteiger partial charge in [-0.25, -0.2) is 0 Å². The summed E-state index contributed by atoms with van der Waals surface area (Å²) in [6.07, 6.45) is -0.501. The molecule has 0 aliphatic carbocycles. The van der Waals surface area contributed by atoms with Crippen molar-refractivity contribution in [1.82, 2.24) is 4.90 Å². The van der Waals surface area contributed by atoms with Crippen LogP contribution < -0.4 is 0 Å². The Morgan fingerprint density at radius 2 is 2.19 bits per heavy atom. The maximum absolute atomic E-state index is 11.4. The van der Waals surface area contributed by atoms with Crippen LogP contribution in [0.3, 0.4) is 0 Å². The molecule has 0 saturated carbocycles. The maximum atomic E-state index is 11.4. The molecule has 0 aromatic heterocycles. The summed E-state index contributed by atoms with van der Waals surface area (Å²) in [6, 6.07) is 0. The minimum absolute atomic E-state index is 0.127. The predicted molar refractivity (Wildman–Crippen MR) is 53.1 cm³/mol. The Kier molecular flexibility index (Phi) is 3.51. The SMILES string of the molecule is CC(C)(C)OC(=O)CN1C(=O)CC1OC=O. The van der Waals surface area contributed by atoms with E-state index in [1.807, 2.05) is 0 Å². The molecule has 1 fully saturated rings. The van der Waals surface area contributed by atoms with Gasteiger partial charge in [-0.3, -0.25) is 19.3 Å². The van der Waals surface area contributed by atoms with E-state index in [1.54, 1.807) is 20.8 Å². The lowest BCUT2D eigenvalue weighted by Gasteiger charge is -2.37. The van der Waals surface area contributed by atoms with Gasteiger partial charge in [-0.2, -0.15) is 0 Å². The second-order valence-corrected chi connectivity index (χ2v) is 4.50. The highest BCUT2D eigenvalue weighted by atomic mass is 16.6. The number of carbonyl (C=O) groups excluding carboxylic acids is 3. The Morgan fingerprint density at radius 3 is 2.62 bits per heavy atom. The summed E-state index contributed by atoms with van der Waals surface area (Å²) in [5.74, 6) is -0.738. The molecule has 1 heterocycles. The predicted octanol–water partition coefficient (Wildman–Crippen LogP) is 0.0595. The van der Waals surface area contributed by atoms with Gasteiger partial charge in [0.2, 0.25) is 5.91 Å². The fourth-order valence-corrected chi connectivity index (χ4v) is 1.31. The summed E-state index contributed by atoms with van der Waals surface area (Å²) in [4.78, 5) is 33.8. The van der Waals surface area contributed by atoms with Crippen LogP contribution >= 0.6 is 0 Å². The van der Waals surface area contributed by atoms with Crippen LogP contribution in [0.15, 0.2) is 0 Å². The Bertz CT molecular complexity index is 305. The van der Waals surface area contributed by atoms with Crippen molar-refractivity contribution in [3.05, 3.63) is 0 Å². The highest BCUT2D eigenvalue weighted by Gasteiger charge is 2.39. The molecule has 1 rings (SSSR count). The molecule has 1 aliphatic rings. The third-order valence-corrected chi connectivity index (χ3v) is 1.95. The van der Waals surface area contributed by atoms with E-state index in [0.717, 1.165) is 0 Å². The quantitative estimate of drug-likeness (QED) is 0.387. The number of rotatable bonds is 4. The normalized spacial score (nSPS) is 20.1. The van der Waals surface area contributed by atoms with Gasteiger partial charge < -0.3 is 9.47 Å². The van der Waals surface area contributed by atoms with E-state index < -0.39 is 17.8 Å². The van der Waals surface area contributed by atoms with Gasteiger partial charge in [-0.1, -0.05) is 0 Å². The topological polar surface area (TPSA) is 72.9 Å². The first kappa shape index (κ1) is 12.5. The fraction of sp³-hybridized carbons (Fsp3) is 0.700. The van der Waals surface area contributed by atoms with Crippen LogP contribution in [0.2, 0.25) is 0 Å². The van der Waals surface area contributed by atoms with Crippen LogP contribution in [0, 0.1) is 0 Å². The van der Waals surface area contributed by atoms with E-state index >= 15 is 0 Å². The maximum Gasteiger partial charge on any atom is 0.326 e. The van der Waals surface area contributed by atoms with Crippen molar-refractivity contribution in [3.63, 3.8) is 0 Å². The van der Waals surface area contributed by atoms with E-state index in [2.05, 4.69) is 4.74 Å². The van der Waals surface area contributed by atoms with Gasteiger partial charge in [0.1, 0.15) is 12.1 Å². The lowest BCUT2D eigenvalue weighted by atomic mass is 10.1. The van der Waals surface area contributed by atoms with Crippen LogP contribution in [0.5, 0.6) is 0 Å². The molecule has 6 nitrogen and oxygen atoms in total. The zero-order valence-corrected chi connectivity index (χ0v) is 9.56. The van der Waals surface area contributed by atoms with Gasteiger partial charge in [0, 0.05) is 0 Å². The molecular formula is C10H15NO5. The van der Waals surface area contributed by atoms with E-state index in [4.69, 9.17) is 4.74 Å². The first-order valence-corrected chi connectivity index (χ1v) is 4.94. The summed E-state index contributed by atoms with van der Waals surface area (Å²) >= 11 is 0. The average molecular weight is 229 g/mol. The van der Waals surface area contributed by atoms with Crippen LogP contribution in [0.25, 0.3) is 0 Å². The summed E-state index contributed by atoms with van der Waals surface area (Å²) in [5, 5.41) is 0. The minimum Gasteiger partial charge on any atom is -0.459 e. The molecule has 1 amide bonds. The number of amides is 1. The summed E-state index contributed by atoms with van der Waals surface area (Å²) in [7, 11) is 0. The lowest BCUT2D eigenvalue weighted by molar-refractivity contribution is -0.184. The number of ether oxygens (including phenoxy) is 2. The monoisotopic (exact) mass is 229 g/mol. The van der Waals surface area contributed by atoms with Crippen molar-refractivity contribution in [1.29, 1.82) is 0 Å². The molecule has 6 heteroatoms. The average Bonchev–Trinajstić information content (AvgIpc) is 2.11. The number of esters is 1. The van der Waals surface area contributed by atoms with Crippen molar-refractivity contribution in [2.45, 2.75) is 39.0 Å². The number of hydrogen-bond acceptors (Lipinski definition) is 5. The van der Waals surface area contributed by atoms with Crippen LogP contribution in [-0.4, -0.2) is 41.6 Å². The van der Waals surface area contributed by atoms with E-state index in [9.17, 15) is 14.4 Å². The Morgan fingerprint density at radius 1 is 1.56 bits per heavy atom. The van der Waals surface area contributed by atoms with Crippen LogP contribution in [0.1, 0.15) is 27.2 Å². The summed E-state index contributed by atoms with van der Waals surface area (Å²) < 4.78 is 9.65. The molecule has 0 radical (unpaired) electrons. The molecule has 90 valence electrons. The van der Waals surface area contributed by atoms with Crippen LogP contribution in [0.4, 0.5) is 0 Å². The standard InChI is InChI=1S/C10H15NO5/c1-10(2,3)16-9(14)5-11-7(13)4-8(11)15-6-12/h6,8H,4-5H2,1-3H3. The number of nitrogens with zero attached hydrogens (tertiary/aromatic N) is 1. The number of carbonyl (C=O) groups is 3. The fourth-order valence-electron chi connectivity index (χ4n) is 1.31. The van der Waals surface area contributed by atoms with Gasteiger partial charge in [-0.05, 0) is 20.8 Å². The number of likely N-dealkylation sites (tertiary alicyclic amines) is 1.